The molecule has 0 aliphatic rings. The highest BCUT2D eigenvalue weighted by Gasteiger charge is 2.07. The fourth-order valence-electron chi connectivity index (χ4n) is 2.64. The van der Waals surface area contributed by atoms with E-state index in [1.54, 1.807) is 11.8 Å². The molecule has 0 radical (unpaired) electrons. The van der Waals surface area contributed by atoms with Gasteiger partial charge in [0.05, 0.1) is 13.7 Å². The van der Waals surface area contributed by atoms with Gasteiger partial charge in [-0.05, 0) is 48.8 Å². The van der Waals surface area contributed by atoms with E-state index in [1.807, 2.05) is 42.7 Å². The van der Waals surface area contributed by atoms with Crippen molar-refractivity contribution in [1.29, 1.82) is 5.41 Å². The Bertz CT molecular complexity index is 782. The number of rotatable bonds is 10. The average Bonchev–Trinajstić information content (AvgIpc) is 2.70. The van der Waals surface area contributed by atoms with Crippen LogP contribution < -0.4 is 10.5 Å². The Kier molecular flexibility index (Phi) is 10.5. The van der Waals surface area contributed by atoms with Crippen molar-refractivity contribution in [2.24, 2.45) is 5.73 Å². The molecule has 7 heteroatoms. The average molecular weight is 423 g/mol. The van der Waals surface area contributed by atoms with Crippen molar-refractivity contribution in [3.63, 3.8) is 0 Å². The number of nitrogens with one attached hydrogen (secondary N) is 1. The lowest BCUT2D eigenvalue weighted by molar-refractivity contribution is -0.140. The van der Waals surface area contributed by atoms with Crippen molar-refractivity contribution in [3.8, 4) is 16.9 Å². The number of amidine groups is 1. The van der Waals surface area contributed by atoms with E-state index < -0.39 is 0 Å². The first-order valence-corrected chi connectivity index (χ1v) is 10.1. The molecule has 0 saturated heterocycles. The molecule has 0 atom stereocenters. The maximum Gasteiger partial charge on any atom is 0.305 e. The molecule has 152 valence electrons. The quantitative estimate of drug-likeness (QED) is 0.187. The summed E-state index contributed by atoms with van der Waals surface area (Å²) >= 11 is 1.65. The van der Waals surface area contributed by atoms with E-state index in [2.05, 4.69) is 10.8 Å². The van der Waals surface area contributed by atoms with Crippen LogP contribution in [0.1, 0.15) is 31.2 Å². The number of halogens is 1. The fourth-order valence-corrected chi connectivity index (χ4v) is 3.21. The van der Waals surface area contributed by atoms with E-state index in [4.69, 9.17) is 15.9 Å². The summed E-state index contributed by atoms with van der Waals surface area (Å²) in [5.41, 5.74) is 8.40. The summed E-state index contributed by atoms with van der Waals surface area (Å²) in [6.45, 7) is 0.626. The number of ether oxygens (including phenoxy) is 2. The van der Waals surface area contributed by atoms with Crippen LogP contribution >= 0.6 is 24.2 Å². The maximum absolute atomic E-state index is 11.1. The Balaban J connectivity index is 0.00000392. The lowest BCUT2D eigenvalue weighted by Crippen LogP contribution is -2.10. The molecular weight excluding hydrogens is 396 g/mol. The van der Waals surface area contributed by atoms with Gasteiger partial charge in [-0.15, -0.1) is 24.2 Å². The number of unbranched alkanes of at least 4 members (excludes halogenated alkanes) is 2. The minimum atomic E-state index is -0.160. The zero-order valence-electron chi connectivity index (χ0n) is 16.2. The molecule has 2 aromatic carbocycles. The fraction of sp³-hybridized carbons (Fsp3) is 0.333. The van der Waals surface area contributed by atoms with Gasteiger partial charge in [-0.3, -0.25) is 10.2 Å². The summed E-state index contributed by atoms with van der Waals surface area (Å²) in [4.78, 5) is 12.2. The summed E-state index contributed by atoms with van der Waals surface area (Å²) in [5.74, 6) is 0.786. The van der Waals surface area contributed by atoms with Crippen LogP contribution in [0.25, 0.3) is 11.1 Å². The molecule has 28 heavy (non-hydrogen) atoms. The van der Waals surface area contributed by atoms with E-state index >= 15 is 0 Å². The number of nitrogens with two attached hydrogens (primary N) is 1. The van der Waals surface area contributed by atoms with E-state index in [0.29, 0.717) is 13.0 Å². The Labute approximate surface area is 176 Å². The molecule has 0 amide bonds. The van der Waals surface area contributed by atoms with Crippen LogP contribution in [-0.2, 0) is 9.53 Å². The van der Waals surface area contributed by atoms with Gasteiger partial charge < -0.3 is 15.2 Å². The molecule has 0 spiro atoms. The smallest absolute Gasteiger partial charge is 0.305 e. The number of hydrogen-bond acceptors (Lipinski definition) is 5. The molecule has 0 aliphatic heterocycles. The Morgan fingerprint density at radius 3 is 2.36 bits per heavy atom. The number of esters is 1. The normalized spacial score (nSPS) is 10.1. The summed E-state index contributed by atoms with van der Waals surface area (Å²) in [6, 6.07) is 13.8. The molecule has 0 aliphatic carbocycles. The topological polar surface area (TPSA) is 85.4 Å². The van der Waals surface area contributed by atoms with E-state index in [-0.39, 0.29) is 24.2 Å². The Morgan fingerprint density at radius 1 is 1.07 bits per heavy atom. The zero-order valence-corrected chi connectivity index (χ0v) is 17.8. The number of carbonyl (C=O) groups excluding carboxylic acids is 1. The van der Waals surface area contributed by atoms with Gasteiger partial charge in [-0.2, -0.15) is 0 Å². The Hall–Kier alpha value is -2.18. The molecule has 0 fully saturated rings. The highest BCUT2D eigenvalue weighted by Crippen LogP contribution is 2.33. The molecule has 0 bridgehead atoms. The first kappa shape index (κ1) is 23.9. The predicted octanol–water partition coefficient (Wildman–Crippen LogP) is 4.89. The third-order valence-electron chi connectivity index (χ3n) is 4.20. The molecule has 2 aromatic rings. The predicted molar refractivity (Wildman–Crippen MR) is 118 cm³/mol. The van der Waals surface area contributed by atoms with Gasteiger partial charge in [0.2, 0.25) is 0 Å². The second kappa shape index (κ2) is 12.3. The van der Waals surface area contributed by atoms with Crippen LogP contribution in [0.3, 0.4) is 0 Å². The highest BCUT2D eigenvalue weighted by molar-refractivity contribution is 7.98. The molecule has 5 nitrogen and oxygen atoms in total. The minimum Gasteiger partial charge on any atom is -0.492 e. The standard InChI is InChI=1S/C21H26N2O3S.ClH/c1-25-20(24)6-4-3-5-13-26-18-12-11-17(14-19(18)27-2)15-7-9-16(10-8-15)21(22)23;/h7-12,14H,3-6,13H2,1-2H3,(H3,22,23);1H. The molecule has 0 unspecified atom stereocenters. The van der Waals surface area contributed by atoms with Crippen LogP contribution in [0, 0.1) is 5.41 Å². The molecule has 2 rings (SSSR count). The minimum absolute atomic E-state index is 0. The number of hydrogen-bond donors (Lipinski definition) is 2. The maximum atomic E-state index is 11.1. The monoisotopic (exact) mass is 422 g/mol. The number of nitrogen functional groups attached to an aromatic ring is 1. The van der Waals surface area contributed by atoms with Crippen molar-refractivity contribution in [2.45, 2.75) is 30.6 Å². The number of thioether (sulfide) groups is 1. The van der Waals surface area contributed by atoms with Crippen molar-refractivity contribution in [1.82, 2.24) is 0 Å². The summed E-state index contributed by atoms with van der Waals surface area (Å²) < 4.78 is 10.6. The van der Waals surface area contributed by atoms with Crippen molar-refractivity contribution in [2.75, 3.05) is 20.0 Å². The first-order valence-electron chi connectivity index (χ1n) is 8.87. The third kappa shape index (κ3) is 7.09. The van der Waals surface area contributed by atoms with Crippen molar-refractivity contribution < 1.29 is 14.3 Å². The van der Waals surface area contributed by atoms with Gasteiger partial charge in [-0.25, -0.2) is 0 Å². The van der Waals surface area contributed by atoms with Crippen LogP contribution in [-0.4, -0.2) is 31.8 Å². The molecule has 3 N–H and O–H groups in total. The van der Waals surface area contributed by atoms with Crippen LogP contribution in [0.2, 0.25) is 0 Å². The van der Waals surface area contributed by atoms with Crippen molar-refractivity contribution in [3.05, 3.63) is 48.0 Å². The molecule has 0 saturated carbocycles. The van der Waals surface area contributed by atoms with E-state index in [1.165, 1.54) is 7.11 Å². The Morgan fingerprint density at radius 2 is 1.75 bits per heavy atom. The van der Waals surface area contributed by atoms with Gasteiger partial charge in [0.1, 0.15) is 11.6 Å². The summed E-state index contributed by atoms with van der Waals surface area (Å²) in [7, 11) is 1.41. The van der Waals surface area contributed by atoms with Gasteiger partial charge in [0.15, 0.2) is 0 Å². The van der Waals surface area contributed by atoms with Gasteiger partial charge in [0.25, 0.3) is 0 Å². The first-order chi connectivity index (χ1) is 13.0. The lowest BCUT2D eigenvalue weighted by atomic mass is 10.0. The summed E-state index contributed by atoms with van der Waals surface area (Å²) in [5, 5.41) is 7.47. The van der Waals surface area contributed by atoms with Gasteiger partial charge in [0, 0.05) is 16.9 Å². The SMILES string of the molecule is COC(=O)CCCCCOc1ccc(-c2ccc(C(=N)N)cc2)cc1SC.Cl. The number of benzene rings is 2. The number of methoxy groups -OCH3 is 1. The van der Waals surface area contributed by atoms with Gasteiger partial charge >= 0.3 is 5.97 Å². The molecule has 0 aromatic heterocycles. The highest BCUT2D eigenvalue weighted by atomic mass is 35.5. The lowest BCUT2D eigenvalue weighted by Gasteiger charge is -2.12. The van der Waals surface area contributed by atoms with Crippen LogP contribution in [0.15, 0.2) is 47.4 Å². The molecular formula is C21H27ClN2O3S. The van der Waals surface area contributed by atoms with E-state index in [0.717, 1.165) is 46.6 Å². The molecule has 0 heterocycles. The summed E-state index contributed by atoms with van der Waals surface area (Å²) in [6.07, 6.45) is 5.15. The third-order valence-corrected chi connectivity index (χ3v) is 4.96. The zero-order chi connectivity index (χ0) is 19.6. The van der Waals surface area contributed by atoms with Gasteiger partial charge in [-0.1, -0.05) is 30.3 Å². The second-order valence-corrected chi connectivity index (χ2v) is 6.94. The van der Waals surface area contributed by atoms with Crippen molar-refractivity contribution >= 4 is 36.0 Å². The van der Waals surface area contributed by atoms with Crippen LogP contribution in [0.5, 0.6) is 5.75 Å². The largest absolute Gasteiger partial charge is 0.492 e. The van der Waals surface area contributed by atoms with Crippen LogP contribution in [0.4, 0.5) is 0 Å². The van der Waals surface area contributed by atoms with E-state index in [9.17, 15) is 4.79 Å². The number of carbonyl (C=O) groups is 1. The second-order valence-electron chi connectivity index (χ2n) is 6.09.